The van der Waals surface area contributed by atoms with E-state index in [1.807, 2.05) is 6.92 Å². The molecule has 0 spiro atoms. The van der Waals surface area contributed by atoms with E-state index in [4.69, 9.17) is 9.47 Å². The standard InChI is InChI=1S/C19H21NO5S/c1-4-20-14-7-5-6-8-17(14)26(22,23)18(12-19(20)21)13-9-10-15(24-2)16(11-13)25-3/h5-11,18H,4,12H2,1-3H3. The molecule has 3 rings (SSSR count). The molecular weight excluding hydrogens is 354 g/mol. The number of carbonyl (C=O) groups is 1. The minimum atomic E-state index is -3.75. The maximum absolute atomic E-state index is 13.3. The van der Waals surface area contributed by atoms with Crippen molar-refractivity contribution in [2.24, 2.45) is 0 Å². The van der Waals surface area contributed by atoms with Crippen molar-refractivity contribution in [3.8, 4) is 11.5 Å². The smallest absolute Gasteiger partial charge is 0.228 e. The summed E-state index contributed by atoms with van der Waals surface area (Å²) >= 11 is 0. The predicted molar refractivity (Wildman–Crippen MR) is 98.6 cm³/mol. The molecule has 1 aliphatic rings. The monoisotopic (exact) mass is 375 g/mol. The van der Waals surface area contributed by atoms with Gasteiger partial charge in [0.1, 0.15) is 0 Å². The van der Waals surface area contributed by atoms with Gasteiger partial charge in [-0.25, -0.2) is 8.42 Å². The highest BCUT2D eigenvalue weighted by atomic mass is 32.2. The van der Waals surface area contributed by atoms with Crippen LogP contribution in [0.15, 0.2) is 47.4 Å². The van der Waals surface area contributed by atoms with Crippen LogP contribution in [0, 0.1) is 0 Å². The van der Waals surface area contributed by atoms with Gasteiger partial charge in [0.15, 0.2) is 21.3 Å². The van der Waals surface area contributed by atoms with Gasteiger partial charge in [0, 0.05) is 13.0 Å². The molecule has 0 aromatic heterocycles. The first-order valence-corrected chi connectivity index (χ1v) is 9.83. The van der Waals surface area contributed by atoms with Crippen LogP contribution < -0.4 is 14.4 Å². The Morgan fingerprint density at radius 2 is 1.77 bits per heavy atom. The number of hydrogen-bond donors (Lipinski definition) is 0. The van der Waals surface area contributed by atoms with Crippen LogP contribution in [-0.4, -0.2) is 35.1 Å². The molecule has 0 bridgehead atoms. The van der Waals surface area contributed by atoms with Crippen LogP contribution in [0.25, 0.3) is 0 Å². The van der Waals surface area contributed by atoms with Gasteiger partial charge >= 0.3 is 0 Å². The Balaban J connectivity index is 2.19. The quantitative estimate of drug-likeness (QED) is 0.821. The molecule has 6 nitrogen and oxygen atoms in total. The Morgan fingerprint density at radius 1 is 1.08 bits per heavy atom. The molecule has 0 aliphatic carbocycles. The van der Waals surface area contributed by atoms with E-state index in [0.717, 1.165) is 0 Å². The minimum absolute atomic E-state index is 0.125. The number of ether oxygens (including phenoxy) is 2. The highest BCUT2D eigenvalue weighted by molar-refractivity contribution is 7.92. The molecule has 1 heterocycles. The topological polar surface area (TPSA) is 72.9 Å². The Morgan fingerprint density at radius 3 is 2.42 bits per heavy atom. The lowest BCUT2D eigenvalue weighted by Crippen LogP contribution is -2.30. The zero-order valence-electron chi connectivity index (χ0n) is 14.9. The van der Waals surface area contributed by atoms with Gasteiger partial charge in [0.2, 0.25) is 5.91 Å². The van der Waals surface area contributed by atoms with E-state index in [1.165, 1.54) is 19.1 Å². The molecule has 0 saturated carbocycles. The Bertz CT molecular complexity index is 939. The number of benzene rings is 2. The molecule has 138 valence electrons. The Labute approximate surface area is 153 Å². The first-order valence-electron chi connectivity index (χ1n) is 8.29. The van der Waals surface area contributed by atoms with Crippen molar-refractivity contribution >= 4 is 21.4 Å². The molecule has 0 fully saturated rings. The third-order valence-electron chi connectivity index (χ3n) is 4.59. The Kier molecular flexibility index (Phi) is 4.91. The normalized spacial score (nSPS) is 18.8. The number of fused-ring (bicyclic) bond motifs is 1. The van der Waals surface area contributed by atoms with Crippen LogP contribution in [-0.2, 0) is 14.6 Å². The summed E-state index contributed by atoms with van der Waals surface area (Å²) < 4.78 is 37.2. The zero-order chi connectivity index (χ0) is 18.9. The van der Waals surface area contributed by atoms with Gasteiger partial charge < -0.3 is 14.4 Å². The number of carbonyl (C=O) groups excluding carboxylic acids is 1. The summed E-state index contributed by atoms with van der Waals surface area (Å²) in [6.07, 6.45) is -0.125. The lowest BCUT2D eigenvalue weighted by Gasteiger charge is -2.20. The van der Waals surface area contributed by atoms with E-state index < -0.39 is 15.1 Å². The van der Waals surface area contributed by atoms with E-state index in [9.17, 15) is 13.2 Å². The number of para-hydroxylation sites is 1. The highest BCUT2D eigenvalue weighted by Gasteiger charge is 2.39. The van der Waals surface area contributed by atoms with Crippen LogP contribution in [0.4, 0.5) is 5.69 Å². The van der Waals surface area contributed by atoms with E-state index in [1.54, 1.807) is 42.5 Å². The molecule has 7 heteroatoms. The molecule has 2 aromatic rings. The first kappa shape index (κ1) is 18.3. The molecular formula is C19H21NO5S. The van der Waals surface area contributed by atoms with Gasteiger partial charge in [0.05, 0.1) is 30.1 Å². The second-order valence-electron chi connectivity index (χ2n) is 5.96. The number of sulfone groups is 1. The van der Waals surface area contributed by atoms with Crippen molar-refractivity contribution in [3.63, 3.8) is 0 Å². The maximum Gasteiger partial charge on any atom is 0.228 e. The molecule has 0 N–H and O–H groups in total. The fraction of sp³-hybridized carbons (Fsp3) is 0.316. The van der Waals surface area contributed by atoms with Crippen molar-refractivity contribution in [3.05, 3.63) is 48.0 Å². The van der Waals surface area contributed by atoms with Crippen molar-refractivity contribution in [1.82, 2.24) is 0 Å². The molecule has 2 aromatic carbocycles. The van der Waals surface area contributed by atoms with E-state index in [2.05, 4.69) is 0 Å². The number of amides is 1. The summed E-state index contributed by atoms with van der Waals surface area (Å²) in [6, 6.07) is 11.6. The van der Waals surface area contributed by atoms with Crippen LogP contribution in [0.5, 0.6) is 11.5 Å². The highest BCUT2D eigenvalue weighted by Crippen LogP contribution is 2.42. The predicted octanol–water partition coefficient (Wildman–Crippen LogP) is 2.98. The van der Waals surface area contributed by atoms with Crippen LogP contribution in [0.2, 0.25) is 0 Å². The number of anilines is 1. The largest absolute Gasteiger partial charge is 0.493 e. The second kappa shape index (κ2) is 6.99. The lowest BCUT2D eigenvalue weighted by molar-refractivity contribution is -0.118. The summed E-state index contributed by atoms with van der Waals surface area (Å²) in [6.45, 7) is 2.24. The van der Waals surface area contributed by atoms with Crippen molar-refractivity contribution < 1.29 is 22.7 Å². The van der Waals surface area contributed by atoms with E-state index in [-0.39, 0.29) is 17.2 Å². The number of methoxy groups -OCH3 is 2. The van der Waals surface area contributed by atoms with Gasteiger partial charge in [0.25, 0.3) is 0 Å². The van der Waals surface area contributed by atoms with Crippen LogP contribution >= 0.6 is 0 Å². The second-order valence-corrected chi connectivity index (χ2v) is 8.06. The Hall–Kier alpha value is -2.54. The van der Waals surface area contributed by atoms with Gasteiger partial charge in [-0.3, -0.25) is 4.79 Å². The lowest BCUT2D eigenvalue weighted by atomic mass is 10.1. The van der Waals surface area contributed by atoms with Gasteiger partial charge in [-0.05, 0) is 36.8 Å². The first-order chi connectivity index (χ1) is 12.4. The average molecular weight is 375 g/mol. The maximum atomic E-state index is 13.3. The summed E-state index contributed by atoms with van der Waals surface area (Å²) in [5.41, 5.74) is 0.937. The van der Waals surface area contributed by atoms with Crippen molar-refractivity contribution in [2.45, 2.75) is 23.5 Å². The summed E-state index contributed by atoms with van der Waals surface area (Å²) in [7, 11) is -0.750. The van der Waals surface area contributed by atoms with Gasteiger partial charge in [-0.15, -0.1) is 0 Å². The fourth-order valence-corrected chi connectivity index (χ4v) is 5.20. The van der Waals surface area contributed by atoms with Gasteiger partial charge in [-0.2, -0.15) is 0 Å². The molecule has 1 aliphatic heterocycles. The van der Waals surface area contributed by atoms with Crippen molar-refractivity contribution in [2.75, 3.05) is 25.7 Å². The van der Waals surface area contributed by atoms with Crippen molar-refractivity contribution in [1.29, 1.82) is 0 Å². The molecule has 0 radical (unpaired) electrons. The number of rotatable bonds is 4. The number of hydrogen-bond acceptors (Lipinski definition) is 5. The molecule has 0 saturated heterocycles. The van der Waals surface area contributed by atoms with E-state index >= 15 is 0 Å². The summed E-state index contributed by atoms with van der Waals surface area (Å²) in [4.78, 5) is 14.5. The molecule has 1 amide bonds. The number of nitrogens with zero attached hydrogens (tertiary/aromatic N) is 1. The summed E-state index contributed by atoms with van der Waals surface area (Å²) in [5.74, 6) is 0.711. The molecule has 1 atom stereocenters. The average Bonchev–Trinajstić information content (AvgIpc) is 2.74. The summed E-state index contributed by atoms with van der Waals surface area (Å²) in [5, 5.41) is -0.979. The van der Waals surface area contributed by atoms with Gasteiger partial charge in [-0.1, -0.05) is 18.2 Å². The molecule has 1 unspecified atom stereocenters. The fourth-order valence-electron chi connectivity index (χ4n) is 3.28. The third kappa shape index (κ3) is 2.92. The van der Waals surface area contributed by atoms with Crippen LogP contribution in [0.3, 0.4) is 0 Å². The zero-order valence-corrected chi connectivity index (χ0v) is 15.7. The SMILES string of the molecule is CCN1C(=O)CC(c2ccc(OC)c(OC)c2)S(=O)(=O)c2ccccc21. The minimum Gasteiger partial charge on any atom is -0.493 e. The third-order valence-corrected chi connectivity index (χ3v) is 6.74. The van der Waals surface area contributed by atoms with Crippen LogP contribution in [0.1, 0.15) is 24.2 Å². The van der Waals surface area contributed by atoms with E-state index in [0.29, 0.717) is 29.3 Å². The molecule has 26 heavy (non-hydrogen) atoms.